The summed E-state index contributed by atoms with van der Waals surface area (Å²) in [5, 5.41) is 5.71. The van der Waals surface area contributed by atoms with Gasteiger partial charge in [0, 0.05) is 37.3 Å². The number of rotatable bonds is 4. The second-order valence-electron chi connectivity index (χ2n) is 6.63. The number of hydrogen-bond donors (Lipinski definition) is 2. The highest BCUT2D eigenvalue weighted by atomic mass is 16.2. The molecule has 0 aromatic heterocycles. The second-order valence-corrected chi connectivity index (χ2v) is 6.63. The number of nitrogens with one attached hydrogen (secondary N) is 2. The van der Waals surface area contributed by atoms with Gasteiger partial charge in [-0.25, -0.2) is 0 Å². The third-order valence-corrected chi connectivity index (χ3v) is 4.46. The minimum Gasteiger partial charge on any atom is -0.353 e. The van der Waals surface area contributed by atoms with Crippen LogP contribution in [0, 0.1) is 5.92 Å². The predicted molar refractivity (Wildman–Crippen MR) is 90.5 cm³/mol. The zero-order valence-electron chi connectivity index (χ0n) is 13.9. The minimum absolute atomic E-state index is 0.0618. The number of hydrogen-bond acceptors (Lipinski definition) is 3. The zero-order valence-corrected chi connectivity index (χ0v) is 13.9. The SMILES string of the molecule is CC(=O)Nc1ccc(C(=O)N2CCC[C@@H](C(=O)NC3CC3)C2)cc1. The molecule has 0 bridgehead atoms. The molecule has 2 N–H and O–H groups in total. The van der Waals surface area contributed by atoms with Crippen molar-refractivity contribution >= 4 is 23.4 Å². The first-order valence-electron chi connectivity index (χ1n) is 8.50. The average molecular weight is 329 g/mol. The third-order valence-electron chi connectivity index (χ3n) is 4.46. The maximum atomic E-state index is 12.6. The van der Waals surface area contributed by atoms with E-state index in [4.69, 9.17) is 0 Å². The molecule has 2 aliphatic rings. The summed E-state index contributed by atoms with van der Waals surface area (Å²) in [4.78, 5) is 37.6. The fraction of sp³-hybridized carbons (Fsp3) is 0.500. The molecule has 1 aliphatic carbocycles. The topological polar surface area (TPSA) is 78.5 Å². The molecule has 1 saturated heterocycles. The molecule has 1 aromatic carbocycles. The highest BCUT2D eigenvalue weighted by Gasteiger charge is 2.32. The van der Waals surface area contributed by atoms with E-state index in [1.807, 2.05) is 0 Å². The van der Waals surface area contributed by atoms with Crippen molar-refractivity contribution in [2.24, 2.45) is 5.92 Å². The summed E-state index contributed by atoms with van der Waals surface area (Å²) in [6.45, 7) is 2.60. The number of carbonyl (C=O) groups excluding carboxylic acids is 3. The van der Waals surface area contributed by atoms with Crippen molar-refractivity contribution in [1.29, 1.82) is 0 Å². The van der Waals surface area contributed by atoms with Gasteiger partial charge in [-0.1, -0.05) is 0 Å². The van der Waals surface area contributed by atoms with Gasteiger partial charge in [-0.05, 0) is 49.9 Å². The van der Waals surface area contributed by atoms with Crippen molar-refractivity contribution in [3.05, 3.63) is 29.8 Å². The Labute approximate surface area is 141 Å². The van der Waals surface area contributed by atoms with E-state index in [2.05, 4.69) is 10.6 Å². The molecule has 0 spiro atoms. The standard InChI is InChI=1S/C18H23N3O3/c1-12(22)19-15-6-4-13(5-7-15)18(24)21-10-2-3-14(11-21)17(23)20-16-8-9-16/h4-7,14,16H,2-3,8-11H2,1H3,(H,19,22)(H,20,23)/t14-/m1/s1. The van der Waals surface area contributed by atoms with Crippen molar-refractivity contribution in [2.75, 3.05) is 18.4 Å². The van der Waals surface area contributed by atoms with Crippen molar-refractivity contribution < 1.29 is 14.4 Å². The molecular formula is C18H23N3O3. The molecule has 3 amide bonds. The molecule has 1 saturated carbocycles. The summed E-state index contributed by atoms with van der Waals surface area (Å²) in [7, 11) is 0. The Bertz CT molecular complexity index is 637. The van der Waals surface area contributed by atoms with E-state index in [0.29, 0.717) is 30.4 Å². The minimum atomic E-state index is -0.144. The maximum absolute atomic E-state index is 12.6. The largest absolute Gasteiger partial charge is 0.353 e. The summed E-state index contributed by atoms with van der Waals surface area (Å²) in [6, 6.07) is 7.21. The smallest absolute Gasteiger partial charge is 0.253 e. The van der Waals surface area contributed by atoms with Crippen LogP contribution >= 0.6 is 0 Å². The molecule has 6 nitrogen and oxygen atoms in total. The van der Waals surface area contributed by atoms with Gasteiger partial charge in [-0.2, -0.15) is 0 Å². The van der Waals surface area contributed by atoms with Gasteiger partial charge in [0.2, 0.25) is 11.8 Å². The number of nitrogens with zero attached hydrogens (tertiary/aromatic N) is 1. The van der Waals surface area contributed by atoms with Crippen molar-refractivity contribution in [2.45, 2.75) is 38.6 Å². The Morgan fingerprint density at radius 2 is 1.79 bits per heavy atom. The molecule has 1 heterocycles. The highest BCUT2D eigenvalue weighted by molar-refractivity contribution is 5.96. The zero-order chi connectivity index (χ0) is 17.1. The molecule has 3 rings (SSSR count). The van der Waals surface area contributed by atoms with Gasteiger partial charge in [0.25, 0.3) is 5.91 Å². The molecule has 6 heteroatoms. The fourth-order valence-corrected chi connectivity index (χ4v) is 3.00. The number of benzene rings is 1. The number of carbonyl (C=O) groups is 3. The van der Waals surface area contributed by atoms with Crippen LogP contribution in [0.5, 0.6) is 0 Å². The van der Waals surface area contributed by atoms with E-state index in [1.54, 1.807) is 29.2 Å². The van der Waals surface area contributed by atoms with Gasteiger partial charge < -0.3 is 15.5 Å². The first-order valence-corrected chi connectivity index (χ1v) is 8.50. The van der Waals surface area contributed by atoms with E-state index >= 15 is 0 Å². The quantitative estimate of drug-likeness (QED) is 0.884. The van der Waals surface area contributed by atoms with Crippen molar-refractivity contribution in [1.82, 2.24) is 10.2 Å². The number of likely N-dealkylation sites (tertiary alicyclic amines) is 1. The summed E-state index contributed by atoms with van der Waals surface area (Å²) < 4.78 is 0. The molecule has 1 aromatic rings. The summed E-state index contributed by atoms with van der Waals surface area (Å²) >= 11 is 0. The van der Waals surface area contributed by atoms with Gasteiger partial charge in [-0.15, -0.1) is 0 Å². The lowest BCUT2D eigenvalue weighted by atomic mass is 9.96. The first kappa shape index (κ1) is 16.5. The molecule has 1 atom stereocenters. The molecule has 128 valence electrons. The highest BCUT2D eigenvalue weighted by Crippen LogP contribution is 2.23. The van der Waals surface area contributed by atoms with Gasteiger partial charge in [-0.3, -0.25) is 14.4 Å². The Hall–Kier alpha value is -2.37. The van der Waals surface area contributed by atoms with Crippen LogP contribution in [-0.2, 0) is 9.59 Å². The normalized spacial score (nSPS) is 20.4. The van der Waals surface area contributed by atoms with Crippen LogP contribution in [0.15, 0.2) is 24.3 Å². The van der Waals surface area contributed by atoms with Gasteiger partial charge >= 0.3 is 0 Å². The van der Waals surface area contributed by atoms with Gasteiger partial charge in [0.15, 0.2) is 0 Å². The van der Waals surface area contributed by atoms with Crippen LogP contribution in [0.2, 0.25) is 0 Å². The first-order chi connectivity index (χ1) is 11.5. The van der Waals surface area contributed by atoms with Crippen LogP contribution in [0.3, 0.4) is 0 Å². The van der Waals surface area contributed by atoms with E-state index < -0.39 is 0 Å². The average Bonchev–Trinajstić information content (AvgIpc) is 3.38. The molecule has 0 radical (unpaired) electrons. The van der Waals surface area contributed by atoms with Crippen LogP contribution in [0.25, 0.3) is 0 Å². The van der Waals surface area contributed by atoms with Crippen LogP contribution in [0.1, 0.15) is 43.0 Å². The van der Waals surface area contributed by atoms with Crippen LogP contribution < -0.4 is 10.6 Å². The summed E-state index contributed by atoms with van der Waals surface area (Å²) in [6.07, 6.45) is 3.83. The molecular weight excluding hydrogens is 306 g/mol. The fourth-order valence-electron chi connectivity index (χ4n) is 3.00. The predicted octanol–water partition coefficient (Wildman–Crippen LogP) is 1.78. The van der Waals surface area contributed by atoms with Crippen molar-refractivity contribution in [3.63, 3.8) is 0 Å². The Balaban J connectivity index is 1.60. The van der Waals surface area contributed by atoms with Gasteiger partial charge in [0.05, 0.1) is 5.92 Å². The second kappa shape index (κ2) is 7.03. The summed E-state index contributed by atoms with van der Waals surface area (Å²) in [5.41, 5.74) is 1.24. The van der Waals surface area contributed by atoms with Crippen LogP contribution in [-0.4, -0.2) is 41.8 Å². The number of anilines is 1. The lowest BCUT2D eigenvalue weighted by molar-refractivity contribution is -0.126. The third kappa shape index (κ3) is 4.13. The monoisotopic (exact) mass is 329 g/mol. The molecule has 2 fully saturated rings. The number of amides is 3. The molecule has 1 aliphatic heterocycles. The van der Waals surface area contributed by atoms with Crippen molar-refractivity contribution in [3.8, 4) is 0 Å². The lowest BCUT2D eigenvalue weighted by Crippen LogP contribution is -2.45. The number of piperidine rings is 1. The Kier molecular flexibility index (Phi) is 4.83. The Morgan fingerprint density at radius 3 is 2.42 bits per heavy atom. The Morgan fingerprint density at radius 1 is 1.08 bits per heavy atom. The van der Waals surface area contributed by atoms with E-state index in [0.717, 1.165) is 25.7 Å². The van der Waals surface area contributed by atoms with Crippen LogP contribution in [0.4, 0.5) is 5.69 Å². The lowest BCUT2D eigenvalue weighted by Gasteiger charge is -2.32. The molecule has 0 unspecified atom stereocenters. The van der Waals surface area contributed by atoms with E-state index in [9.17, 15) is 14.4 Å². The molecule has 24 heavy (non-hydrogen) atoms. The van der Waals surface area contributed by atoms with Gasteiger partial charge in [0.1, 0.15) is 0 Å². The maximum Gasteiger partial charge on any atom is 0.253 e. The van der Waals surface area contributed by atoms with E-state index in [-0.39, 0.29) is 23.6 Å². The van der Waals surface area contributed by atoms with E-state index in [1.165, 1.54) is 6.92 Å². The summed E-state index contributed by atoms with van der Waals surface area (Å²) in [5.74, 6) is -0.235.